The van der Waals surface area contributed by atoms with Crippen molar-refractivity contribution < 1.29 is 14.9 Å². The highest BCUT2D eigenvalue weighted by molar-refractivity contribution is 5.82. The van der Waals surface area contributed by atoms with Crippen molar-refractivity contribution in [2.45, 2.75) is 0 Å². The van der Waals surface area contributed by atoms with Gasteiger partial charge in [-0.1, -0.05) is 0 Å². The molecule has 0 saturated heterocycles. The Morgan fingerprint density at radius 3 is 2.38 bits per heavy atom. The summed E-state index contributed by atoms with van der Waals surface area (Å²) in [5.74, 6) is 1.16. The molecule has 0 radical (unpaired) electrons. The highest BCUT2D eigenvalue weighted by Gasteiger charge is 2.07. The molecular weight excluding hydrogens is 210 g/mol. The Hall–Kier alpha value is -2.01. The Morgan fingerprint density at radius 1 is 1.12 bits per heavy atom. The lowest BCUT2D eigenvalue weighted by molar-refractivity contribution is 0.356. The molecular formula is C11H13NO4. The first-order chi connectivity index (χ1) is 7.26. The van der Waals surface area contributed by atoms with E-state index in [0.717, 1.165) is 5.52 Å². The molecule has 0 bridgehead atoms. The average molecular weight is 223 g/mol. The van der Waals surface area contributed by atoms with Crippen molar-refractivity contribution in [3.8, 4) is 11.5 Å². The summed E-state index contributed by atoms with van der Waals surface area (Å²) in [4.78, 5) is 14.5. The predicted octanol–water partition coefficient (Wildman–Crippen LogP) is 0.721. The van der Waals surface area contributed by atoms with E-state index in [1.165, 1.54) is 6.07 Å². The van der Waals surface area contributed by atoms with E-state index in [1.54, 1.807) is 32.5 Å². The van der Waals surface area contributed by atoms with Gasteiger partial charge in [-0.25, -0.2) is 0 Å². The van der Waals surface area contributed by atoms with E-state index in [-0.39, 0.29) is 10.9 Å². The molecule has 0 unspecified atom stereocenters. The summed E-state index contributed by atoms with van der Waals surface area (Å²) in [6.07, 6.45) is 1.61. The smallest absolute Gasteiger partial charge is 0.189 e. The van der Waals surface area contributed by atoms with Crippen LogP contribution in [0.15, 0.2) is 29.2 Å². The first-order valence-corrected chi connectivity index (χ1v) is 4.49. The van der Waals surface area contributed by atoms with Crippen LogP contribution < -0.4 is 14.9 Å². The molecule has 1 aromatic carbocycles. The van der Waals surface area contributed by atoms with Crippen LogP contribution in [0.3, 0.4) is 0 Å². The van der Waals surface area contributed by atoms with Crippen LogP contribution in [0.25, 0.3) is 10.9 Å². The van der Waals surface area contributed by atoms with Crippen molar-refractivity contribution in [1.82, 2.24) is 4.98 Å². The molecule has 0 fully saturated rings. The van der Waals surface area contributed by atoms with Gasteiger partial charge in [-0.05, 0) is 6.07 Å². The molecule has 5 heteroatoms. The largest absolute Gasteiger partial charge is 0.493 e. The van der Waals surface area contributed by atoms with E-state index < -0.39 is 0 Å². The van der Waals surface area contributed by atoms with Gasteiger partial charge in [0.25, 0.3) is 0 Å². The molecule has 16 heavy (non-hydrogen) atoms. The Morgan fingerprint density at radius 2 is 1.75 bits per heavy atom. The maximum Gasteiger partial charge on any atom is 0.189 e. The SMILES string of the molecule is COc1cc2[nH]ccc(=O)c2cc1OC.O. The van der Waals surface area contributed by atoms with Crippen molar-refractivity contribution in [3.63, 3.8) is 0 Å². The quantitative estimate of drug-likeness (QED) is 0.814. The first-order valence-electron chi connectivity index (χ1n) is 4.49. The standard InChI is InChI=1S/C11H11NO3.H2O/c1-14-10-5-7-8(6-11(10)15-2)12-4-3-9(7)13;/h3-6H,1-2H3,(H,12,13);1H2. The van der Waals surface area contributed by atoms with Gasteiger partial charge < -0.3 is 19.9 Å². The molecule has 2 rings (SSSR count). The highest BCUT2D eigenvalue weighted by atomic mass is 16.5. The predicted molar refractivity (Wildman–Crippen MR) is 61.3 cm³/mol. The van der Waals surface area contributed by atoms with Gasteiger partial charge in [0.2, 0.25) is 0 Å². The lowest BCUT2D eigenvalue weighted by Gasteiger charge is -2.08. The molecule has 1 heterocycles. The lowest BCUT2D eigenvalue weighted by Crippen LogP contribution is -2.01. The van der Waals surface area contributed by atoms with Crippen LogP contribution in [-0.2, 0) is 0 Å². The maximum absolute atomic E-state index is 11.5. The van der Waals surface area contributed by atoms with E-state index in [2.05, 4.69) is 4.98 Å². The number of benzene rings is 1. The fourth-order valence-electron chi connectivity index (χ4n) is 1.50. The number of aromatic nitrogens is 1. The molecule has 0 saturated carbocycles. The molecule has 1 aromatic heterocycles. The Balaban J connectivity index is 0.00000128. The molecule has 0 amide bonds. The van der Waals surface area contributed by atoms with Gasteiger partial charge in [0, 0.05) is 23.7 Å². The van der Waals surface area contributed by atoms with Gasteiger partial charge in [0.15, 0.2) is 16.9 Å². The van der Waals surface area contributed by atoms with E-state index >= 15 is 0 Å². The summed E-state index contributed by atoms with van der Waals surface area (Å²) in [6, 6.07) is 4.90. The van der Waals surface area contributed by atoms with Crippen LogP contribution in [0.2, 0.25) is 0 Å². The van der Waals surface area contributed by atoms with Crippen LogP contribution in [0.5, 0.6) is 11.5 Å². The van der Waals surface area contributed by atoms with E-state index in [4.69, 9.17) is 9.47 Å². The molecule has 0 aliphatic heterocycles. The number of rotatable bonds is 2. The van der Waals surface area contributed by atoms with Crippen molar-refractivity contribution in [2.75, 3.05) is 14.2 Å². The molecule has 5 nitrogen and oxygen atoms in total. The number of fused-ring (bicyclic) bond motifs is 1. The molecule has 0 aliphatic rings. The minimum Gasteiger partial charge on any atom is -0.493 e. The van der Waals surface area contributed by atoms with Crippen molar-refractivity contribution in [3.05, 3.63) is 34.6 Å². The van der Waals surface area contributed by atoms with Crippen LogP contribution in [0, 0.1) is 0 Å². The third-order valence-corrected chi connectivity index (χ3v) is 2.26. The summed E-state index contributed by atoms with van der Waals surface area (Å²) < 4.78 is 10.3. The topological polar surface area (TPSA) is 82.8 Å². The summed E-state index contributed by atoms with van der Waals surface area (Å²) in [6.45, 7) is 0. The fourth-order valence-corrected chi connectivity index (χ4v) is 1.50. The number of hydrogen-bond donors (Lipinski definition) is 1. The monoisotopic (exact) mass is 223 g/mol. The number of hydrogen-bond acceptors (Lipinski definition) is 3. The number of H-pyrrole nitrogens is 1. The van der Waals surface area contributed by atoms with E-state index in [9.17, 15) is 4.79 Å². The first kappa shape index (κ1) is 12.1. The van der Waals surface area contributed by atoms with Crippen molar-refractivity contribution in [1.29, 1.82) is 0 Å². The summed E-state index contributed by atoms with van der Waals surface area (Å²) >= 11 is 0. The number of pyridine rings is 1. The second-order valence-corrected chi connectivity index (χ2v) is 3.09. The molecule has 0 atom stereocenters. The molecule has 0 aliphatic carbocycles. The summed E-state index contributed by atoms with van der Waals surface area (Å²) in [7, 11) is 3.10. The summed E-state index contributed by atoms with van der Waals surface area (Å²) in [5, 5.41) is 0.593. The van der Waals surface area contributed by atoms with Crippen LogP contribution in [-0.4, -0.2) is 24.7 Å². The lowest BCUT2D eigenvalue weighted by atomic mass is 10.2. The van der Waals surface area contributed by atoms with Gasteiger partial charge in [-0.3, -0.25) is 4.79 Å². The fraction of sp³-hybridized carbons (Fsp3) is 0.182. The van der Waals surface area contributed by atoms with E-state index in [1.807, 2.05) is 0 Å². The van der Waals surface area contributed by atoms with Gasteiger partial charge in [-0.15, -0.1) is 0 Å². The molecule has 3 N–H and O–H groups in total. The third kappa shape index (κ3) is 1.85. The minimum absolute atomic E-state index is 0. The number of nitrogens with one attached hydrogen (secondary N) is 1. The van der Waals surface area contributed by atoms with Crippen molar-refractivity contribution in [2.24, 2.45) is 0 Å². The average Bonchev–Trinajstić information content (AvgIpc) is 2.28. The van der Waals surface area contributed by atoms with E-state index in [0.29, 0.717) is 16.9 Å². The molecule has 2 aromatic rings. The van der Waals surface area contributed by atoms with Gasteiger partial charge in [0.1, 0.15) is 0 Å². The zero-order chi connectivity index (χ0) is 10.8. The van der Waals surface area contributed by atoms with Gasteiger partial charge in [-0.2, -0.15) is 0 Å². The van der Waals surface area contributed by atoms with Crippen molar-refractivity contribution >= 4 is 10.9 Å². The number of ether oxygens (including phenoxy) is 2. The third-order valence-electron chi connectivity index (χ3n) is 2.26. The number of aromatic amines is 1. The van der Waals surface area contributed by atoms with Crippen LogP contribution in [0.4, 0.5) is 0 Å². The van der Waals surface area contributed by atoms with Crippen LogP contribution >= 0.6 is 0 Å². The zero-order valence-corrected chi connectivity index (χ0v) is 9.03. The normalized spacial score (nSPS) is 9.62. The Labute approximate surface area is 91.9 Å². The molecule has 86 valence electrons. The Kier molecular flexibility index (Phi) is 3.52. The number of methoxy groups -OCH3 is 2. The molecule has 0 spiro atoms. The highest BCUT2D eigenvalue weighted by Crippen LogP contribution is 2.29. The summed E-state index contributed by atoms with van der Waals surface area (Å²) in [5.41, 5.74) is 0.699. The Bertz CT molecular complexity index is 547. The second-order valence-electron chi connectivity index (χ2n) is 3.09. The second kappa shape index (κ2) is 4.67. The van der Waals surface area contributed by atoms with Gasteiger partial charge >= 0.3 is 0 Å². The van der Waals surface area contributed by atoms with Crippen LogP contribution in [0.1, 0.15) is 0 Å². The maximum atomic E-state index is 11.5. The zero-order valence-electron chi connectivity index (χ0n) is 9.03. The minimum atomic E-state index is -0.0373. The van der Waals surface area contributed by atoms with Gasteiger partial charge in [0.05, 0.1) is 19.7 Å².